The molecule has 14 nitrogen and oxygen atoms in total. The largest absolute Gasteiger partial charge is 0.388 e. The van der Waals surface area contributed by atoms with E-state index in [2.05, 4.69) is 10.0 Å². The lowest BCUT2D eigenvalue weighted by Gasteiger charge is -2.45. The SMILES string of the molecule is O=[N+]([O-])c1ccccc1S(=O)(=O)N[C@H]1[C@H](N[C@H]2[C@@H]3OC[C@@H](O3)[C@@H](OCc3ccccc3)[C@@H]2O)[C@H]2CO[C@H](O2)[C@@H]1OCc1ccccc1. The average molecular weight is 670 g/mol. The van der Waals surface area contributed by atoms with E-state index in [0.29, 0.717) is 0 Å². The number of aliphatic hydroxyl groups is 1. The van der Waals surface area contributed by atoms with Crippen LogP contribution in [-0.2, 0) is 51.7 Å². The summed E-state index contributed by atoms with van der Waals surface area (Å²) in [4.78, 5) is 10.5. The number of nitrogens with zero attached hydrogens (tertiary/aromatic N) is 1. The maximum absolute atomic E-state index is 13.9. The highest BCUT2D eigenvalue weighted by molar-refractivity contribution is 7.89. The van der Waals surface area contributed by atoms with Gasteiger partial charge < -0.3 is 38.8 Å². The number of benzene rings is 3. The van der Waals surface area contributed by atoms with Crippen molar-refractivity contribution in [2.75, 3.05) is 13.2 Å². The Labute approximate surface area is 271 Å². The van der Waals surface area contributed by atoms with Crippen LogP contribution in [0.3, 0.4) is 0 Å². The molecule has 4 aliphatic heterocycles. The van der Waals surface area contributed by atoms with Crippen LogP contribution in [-0.4, -0.2) is 92.9 Å². The third-order valence-electron chi connectivity index (χ3n) is 8.84. The summed E-state index contributed by atoms with van der Waals surface area (Å²) >= 11 is 0. The van der Waals surface area contributed by atoms with Crippen LogP contribution < -0.4 is 10.0 Å². The molecule has 4 heterocycles. The zero-order chi connectivity index (χ0) is 32.5. The van der Waals surface area contributed by atoms with Gasteiger partial charge in [-0.1, -0.05) is 72.8 Å². The van der Waals surface area contributed by atoms with Gasteiger partial charge >= 0.3 is 0 Å². The number of ether oxygens (including phenoxy) is 6. The van der Waals surface area contributed by atoms with Crippen molar-refractivity contribution in [2.24, 2.45) is 0 Å². The molecule has 4 fully saturated rings. The molecule has 4 aliphatic rings. The molecule has 3 aromatic rings. The Balaban J connectivity index is 1.18. The summed E-state index contributed by atoms with van der Waals surface area (Å²) in [5.41, 5.74) is 1.18. The van der Waals surface area contributed by atoms with E-state index in [1.54, 1.807) is 0 Å². The van der Waals surface area contributed by atoms with Gasteiger partial charge in [0.25, 0.3) is 5.69 Å². The smallest absolute Gasteiger partial charge is 0.289 e. The fourth-order valence-corrected chi connectivity index (χ4v) is 7.98. The molecule has 0 aliphatic carbocycles. The first-order chi connectivity index (χ1) is 22.8. The maximum Gasteiger partial charge on any atom is 0.289 e. The second-order valence-corrected chi connectivity index (χ2v) is 13.5. The predicted octanol–water partition coefficient (Wildman–Crippen LogP) is 1.61. The van der Waals surface area contributed by atoms with Gasteiger partial charge in [0.1, 0.15) is 30.5 Å². The van der Waals surface area contributed by atoms with Crippen molar-refractivity contribution in [1.29, 1.82) is 0 Å². The molecule has 15 heteroatoms. The molecule has 250 valence electrons. The molecule has 0 unspecified atom stereocenters. The summed E-state index contributed by atoms with van der Waals surface area (Å²) < 4.78 is 67.0. The zero-order valence-electron chi connectivity index (χ0n) is 25.1. The molecule has 0 spiro atoms. The van der Waals surface area contributed by atoms with E-state index in [0.717, 1.165) is 17.2 Å². The fraction of sp³-hybridized carbons (Fsp3) is 0.438. The van der Waals surface area contributed by atoms with Gasteiger partial charge in [-0.05, 0) is 17.2 Å². The first-order valence-corrected chi connectivity index (χ1v) is 16.8. The summed E-state index contributed by atoms with van der Waals surface area (Å²) in [5, 5.41) is 26.8. The summed E-state index contributed by atoms with van der Waals surface area (Å²) in [6.07, 6.45) is -5.83. The highest BCUT2D eigenvalue weighted by atomic mass is 32.2. The highest BCUT2D eigenvalue weighted by Crippen LogP contribution is 2.36. The van der Waals surface area contributed by atoms with E-state index in [1.807, 2.05) is 60.7 Å². The number of hydrogen-bond acceptors (Lipinski definition) is 12. The fourth-order valence-electron chi connectivity index (χ4n) is 6.54. The minimum atomic E-state index is -4.49. The topological polar surface area (TPSA) is 177 Å². The van der Waals surface area contributed by atoms with Crippen LogP contribution in [0, 0.1) is 10.1 Å². The van der Waals surface area contributed by atoms with E-state index in [1.165, 1.54) is 18.2 Å². The molecule has 0 aromatic heterocycles. The Bertz CT molecular complexity index is 1650. The van der Waals surface area contributed by atoms with Crippen LogP contribution in [0.25, 0.3) is 0 Å². The Hall–Kier alpha value is -3.35. The number of sulfonamides is 1. The third-order valence-corrected chi connectivity index (χ3v) is 10.3. The molecular formula is C32H35N3O11S. The van der Waals surface area contributed by atoms with E-state index in [-0.39, 0.29) is 26.4 Å². The number of para-hydroxylation sites is 1. The monoisotopic (exact) mass is 669 g/mol. The molecule has 10 atom stereocenters. The third kappa shape index (κ3) is 6.69. The number of nitro benzene ring substituents is 1. The second kappa shape index (κ2) is 13.6. The highest BCUT2D eigenvalue weighted by Gasteiger charge is 2.57. The summed E-state index contributed by atoms with van der Waals surface area (Å²) in [7, 11) is -4.49. The minimum absolute atomic E-state index is 0.100. The van der Waals surface area contributed by atoms with Crippen molar-refractivity contribution in [1.82, 2.24) is 10.0 Å². The lowest BCUT2D eigenvalue weighted by atomic mass is 9.92. The van der Waals surface area contributed by atoms with Crippen LogP contribution in [0.5, 0.6) is 0 Å². The molecular weight excluding hydrogens is 634 g/mol. The number of rotatable bonds is 12. The molecule has 0 amide bonds. The minimum Gasteiger partial charge on any atom is -0.388 e. The molecule has 0 radical (unpaired) electrons. The first kappa shape index (κ1) is 32.2. The number of hydrogen-bond donors (Lipinski definition) is 3. The molecule has 4 saturated heterocycles. The van der Waals surface area contributed by atoms with Crippen molar-refractivity contribution in [2.45, 2.75) is 79.3 Å². The molecule has 4 bridgehead atoms. The zero-order valence-corrected chi connectivity index (χ0v) is 25.9. The number of nitro groups is 1. The van der Waals surface area contributed by atoms with Gasteiger partial charge in [0.2, 0.25) is 10.0 Å². The summed E-state index contributed by atoms with van der Waals surface area (Å²) in [6, 6.07) is 21.1. The van der Waals surface area contributed by atoms with E-state index in [9.17, 15) is 23.6 Å². The number of aliphatic hydroxyl groups excluding tert-OH is 1. The van der Waals surface area contributed by atoms with Crippen LogP contribution in [0.15, 0.2) is 89.8 Å². The summed E-state index contributed by atoms with van der Waals surface area (Å²) in [5.74, 6) is 0. The first-order valence-electron chi connectivity index (χ1n) is 15.3. The van der Waals surface area contributed by atoms with E-state index >= 15 is 0 Å². The Kier molecular flexibility index (Phi) is 9.35. The normalized spacial score (nSPS) is 33.1. The quantitative estimate of drug-likeness (QED) is 0.188. The van der Waals surface area contributed by atoms with Crippen molar-refractivity contribution in [3.8, 4) is 0 Å². The summed E-state index contributed by atoms with van der Waals surface area (Å²) in [6.45, 7) is 0.640. The maximum atomic E-state index is 13.9. The van der Waals surface area contributed by atoms with Gasteiger partial charge in [-0.25, -0.2) is 13.1 Å². The van der Waals surface area contributed by atoms with Gasteiger partial charge in [-0.2, -0.15) is 0 Å². The van der Waals surface area contributed by atoms with Crippen molar-refractivity contribution in [3.05, 3.63) is 106 Å². The second-order valence-electron chi connectivity index (χ2n) is 11.9. The van der Waals surface area contributed by atoms with Gasteiger partial charge in [0, 0.05) is 6.07 Å². The molecule has 3 aromatic carbocycles. The molecule has 47 heavy (non-hydrogen) atoms. The predicted molar refractivity (Wildman–Crippen MR) is 163 cm³/mol. The lowest BCUT2D eigenvalue weighted by molar-refractivity contribution is -0.387. The van der Waals surface area contributed by atoms with Crippen LogP contribution in [0.2, 0.25) is 0 Å². The van der Waals surface area contributed by atoms with Gasteiger partial charge in [-0.15, -0.1) is 0 Å². The van der Waals surface area contributed by atoms with Gasteiger partial charge in [0.05, 0.1) is 49.5 Å². The van der Waals surface area contributed by atoms with Crippen molar-refractivity contribution in [3.63, 3.8) is 0 Å². The Morgan fingerprint density at radius 2 is 1.34 bits per heavy atom. The molecule has 0 saturated carbocycles. The number of nitrogens with one attached hydrogen (secondary N) is 2. The molecule has 3 N–H and O–H groups in total. The average Bonchev–Trinajstić information content (AvgIpc) is 3.72. The van der Waals surface area contributed by atoms with Gasteiger partial charge in [0.15, 0.2) is 17.5 Å². The Morgan fingerprint density at radius 3 is 2.02 bits per heavy atom. The van der Waals surface area contributed by atoms with Crippen molar-refractivity contribution >= 4 is 15.7 Å². The van der Waals surface area contributed by atoms with Crippen LogP contribution in [0.4, 0.5) is 5.69 Å². The Morgan fingerprint density at radius 1 is 0.766 bits per heavy atom. The van der Waals surface area contributed by atoms with Crippen LogP contribution >= 0.6 is 0 Å². The van der Waals surface area contributed by atoms with E-state index in [4.69, 9.17) is 28.4 Å². The lowest BCUT2D eigenvalue weighted by Crippen LogP contribution is -2.71. The number of fused-ring (bicyclic) bond motifs is 4. The van der Waals surface area contributed by atoms with Gasteiger partial charge in [-0.3, -0.25) is 10.1 Å². The van der Waals surface area contributed by atoms with Crippen molar-refractivity contribution < 1.29 is 46.9 Å². The standard InChI is InChI=1S/C32H35N3O11S/c36-28-27(31-43-18-23(46-31)29(28)41-15-19-9-3-1-4-10-19)33-25-22-17-44-32(45-22)30(42-16-20-11-5-2-6-12-20)26(25)34-47(39,40)24-14-8-7-13-21(24)35(37)38/h1-14,22-23,25-34,36H,15-18H2/t22-,23-,25-,26+,27-,28-,29-,30-,31-,32-/m1/s1. The van der Waals surface area contributed by atoms with Crippen LogP contribution in [0.1, 0.15) is 11.1 Å². The van der Waals surface area contributed by atoms with E-state index < -0.39 is 86.8 Å². The molecule has 7 rings (SSSR count).